The fourth-order valence-corrected chi connectivity index (χ4v) is 6.42. The lowest BCUT2D eigenvalue weighted by molar-refractivity contribution is -0.125. The van der Waals surface area contributed by atoms with Crippen molar-refractivity contribution in [3.63, 3.8) is 0 Å². The molecule has 1 spiro atoms. The van der Waals surface area contributed by atoms with Crippen LogP contribution in [0.15, 0.2) is 84.0 Å². The molecule has 3 atom stereocenters. The number of carbonyl (C=O) groups excluding carboxylic acids is 1. The van der Waals surface area contributed by atoms with Gasteiger partial charge in [-0.1, -0.05) is 66.2 Å². The van der Waals surface area contributed by atoms with Gasteiger partial charge < -0.3 is 4.90 Å². The first-order chi connectivity index (χ1) is 16.6. The van der Waals surface area contributed by atoms with E-state index in [-0.39, 0.29) is 11.9 Å². The minimum absolute atomic E-state index is 0.0610. The van der Waals surface area contributed by atoms with Gasteiger partial charge in [-0.15, -0.1) is 0 Å². The van der Waals surface area contributed by atoms with Crippen molar-refractivity contribution in [3.05, 3.63) is 95.0 Å². The number of rotatable bonds is 3. The summed E-state index contributed by atoms with van der Waals surface area (Å²) < 4.78 is 0. The molecule has 3 aromatic rings. The van der Waals surface area contributed by atoms with Crippen molar-refractivity contribution in [2.75, 3.05) is 16.5 Å². The van der Waals surface area contributed by atoms with Crippen molar-refractivity contribution in [1.82, 2.24) is 0 Å². The van der Waals surface area contributed by atoms with Crippen LogP contribution in [0.5, 0.6) is 0 Å². The predicted octanol–water partition coefficient (Wildman–Crippen LogP) is 6.13. The number of hydrazone groups is 1. The second kappa shape index (κ2) is 8.28. The summed E-state index contributed by atoms with van der Waals surface area (Å²) in [6.45, 7) is 2.96. The Bertz CT molecular complexity index is 1260. The van der Waals surface area contributed by atoms with Gasteiger partial charge in [0.25, 0.3) is 5.91 Å². The van der Waals surface area contributed by atoms with E-state index in [0.29, 0.717) is 12.3 Å². The molecule has 1 amide bonds. The summed E-state index contributed by atoms with van der Waals surface area (Å²) in [6.07, 6.45) is 3.76. The molecule has 0 aromatic heterocycles. The van der Waals surface area contributed by atoms with E-state index in [1.54, 1.807) is 5.01 Å². The maximum atomic E-state index is 14.2. The highest BCUT2D eigenvalue weighted by molar-refractivity contribution is 6.31. The Kier molecular flexibility index (Phi) is 5.22. The zero-order valence-corrected chi connectivity index (χ0v) is 20.1. The average molecular weight is 470 g/mol. The topological polar surface area (TPSA) is 35.9 Å². The number of hydrogen-bond donors (Lipinski definition) is 0. The minimum Gasteiger partial charge on any atom is -0.367 e. The quantitative estimate of drug-likeness (QED) is 0.462. The summed E-state index contributed by atoms with van der Waals surface area (Å²) in [7, 11) is 0. The molecule has 0 aliphatic carbocycles. The van der Waals surface area contributed by atoms with E-state index >= 15 is 0 Å². The summed E-state index contributed by atoms with van der Waals surface area (Å²) in [5, 5.41) is 7.23. The number of hydrogen-bond acceptors (Lipinski definition) is 3. The summed E-state index contributed by atoms with van der Waals surface area (Å²) in [6, 6.07) is 26.7. The highest BCUT2D eigenvalue weighted by Crippen LogP contribution is 2.51. The Labute approximate surface area is 205 Å². The molecule has 0 saturated carbocycles. The van der Waals surface area contributed by atoms with Gasteiger partial charge in [-0.05, 0) is 73.9 Å². The van der Waals surface area contributed by atoms with Gasteiger partial charge in [0.2, 0.25) is 0 Å². The monoisotopic (exact) mass is 469 g/mol. The van der Waals surface area contributed by atoms with E-state index in [1.165, 1.54) is 16.8 Å². The van der Waals surface area contributed by atoms with Gasteiger partial charge in [-0.2, -0.15) is 10.1 Å². The van der Waals surface area contributed by atoms with Crippen molar-refractivity contribution >= 4 is 34.6 Å². The SMILES string of the molecule is CC1=NN(c2ccccc2)C(=O)C12Cc1ccc(Cl)cc1N1CCC(Cc3ccccc3)CC12. The van der Waals surface area contributed by atoms with Crippen LogP contribution in [0.2, 0.25) is 5.02 Å². The van der Waals surface area contributed by atoms with Crippen LogP contribution in [0, 0.1) is 11.3 Å². The van der Waals surface area contributed by atoms with Crippen molar-refractivity contribution in [3.8, 4) is 0 Å². The second-order valence-electron chi connectivity index (χ2n) is 9.85. The molecule has 34 heavy (non-hydrogen) atoms. The van der Waals surface area contributed by atoms with Gasteiger partial charge >= 0.3 is 0 Å². The van der Waals surface area contributed by atoms with Crippen LogP contribution in [0.25, 0.3) is 0 Å². The molecule has 3 aliphatic heterocycles. The molecule has 4 nitrogen and oxygen atoms in total. The van der Waals surface area contributed by atoms with Gasteiger partial charge in [0.1, 0.15) is 5.41 Å². The number of anilines is 2. The Hall–Kier alpha value is -3.11. The molecule has 5 heteroatoms. The Morgan fingerprint density at radius 3 is 2.53 bits per heavy atom. The lowest BCUT2D eigenvalue weighted by Crippen LogP contribution is -2.62. The van der Waals surface area contributed by atoms with Crippen LogP contribution in [0.3, 0.4) is 0 Å². The number of para-hydroxylation sites is 1. The maximum Gasteiger partial charge on any atom is 0.261 e. The standard InChI is InChI=1S/C29H28ClN3O/c1-20-29(28(34)33(31-20)25-10-6-3-7-11-25)19-23-12-13-24(30)18-26(23)32-15-14-22(17-27(29)32)16-21-8-4-2-5-9-21/h2-13,18,22,27H,14-17,19H2,1H3. The fraction of sp³-hybridized carbons (Fsp3) is 0.310. The molecule has 6 rings (SSSR count). The number of fused-ring (bicyclic) bond motifs is 4. The maximum absolute atomic E-state index is 14.2. The molecule has 3 aliphatic rings. The van der Waals surface area contributed by atoms with Crippen molar-refractivity contribution in [2.24, 2.45) is 16.4 Å². The summed E-state index contributed by atoms with van der Waals surface area (Å²) in [5.41, 5.74) is 4.81. The van der Waals surface area contributed by atoms with Crippen LogP contribution < -0.4 is 9.91 Å². The van der Waals surface area contributed by atoms with Crippen LogP contribution in [-0.4, -0.2) is 24.2 Å². The van der Waals surface area contributed by atoms with E-state index in [9.17, 15) is 4.79 Å². The molecule has 1 saturated heterocycles. The summed E-state index contributed by atoms with van der Waals surface area (Å²) in [4.78, 5) is 16.7. The Morgan fingerprint density at radius 1 is 1.03 bits per heavy atom. The zero-order valence-electron chi connectivity index (χ0n) is 19.3. The molecule has 1 fully saturated rings. The highest BCUT2D eigenvalue weighted by Gasteiger charge is 2.59. The summed E-state index contributed by atoms with van der Waals surface area (Å²) in [5.74, 6) is 0.611. The fourth-order valence-electron chi connectivity index (χ4n) is 6.26. The molecule has 3 unspecified atom stereocenters. The van der Waals surface area contributed by atoms with Crippen molar-refractivity contribution in [1.29, 1.82) is 0 Å². The molecule has 3 heterocycles. The van der Waals surface area contributed by atoms with Gasteiger partial charge in [0.15, 0.2) is 0 Å². The summed E-state index contributed by atoms with van der Waals surface area (Å²) >= 11 is 6.43. The highest BCUT2D eigenvalue weighted by atomic mass is 35.5. The molecular weight excluding hydrogens is 442 g/mol. The average Bonchev–Trinajstić information content (AvgIpc) is 3.11. The number of benzene rings is 3. The molecule has 172 valence electrons. The second-order valence-corrected chi connectivity index (χ2v) is 10.3. The molecule has 0 radical (unpaired) electrons. The van der Waals surface area contributed by atoms with Gasteiger partial charge in [-0.25, -0.2) is 0 Å². The van der Waals surface area contributed by atoms with Crippen LogP contribution in [0.4, 0.5) is 11.4 Å². The van der Waals surface area contributed by atoms with E-state index in [2.05, 4.69) is 47.4 Å². The van der Waals surface area contributed by atoms with E-state index in [0.717, 1.165) is 42.2 Å². The van der Waals surface area contributed by atoms with Crippen LogP contribution in [-0.2, 0) is 17.6 Å². The number of carbonyl (C=O) groups is 1. The molecule has 0 N–H and O–H groups in total. The molecule has 0 bridgehead atoms. The number of halogens is 1. The van der Waals surface area contributed by atoms with Gasteiger partial charge in [0.05, 0.1) is 11.4 Å². The molecular formula is C29H28ClN3O. The Morgan fingerprint density at radius 2 is 1.76 bits per heavy atom. The zero-order chi connectivity index (χ0) is 23.3. The largest absolute Gasteiger partial charge is 0.367 e. The van der Waals surface area contributed by atoms with Crippen molar-refractivity contribution in [2.45, 2.75) is 38.6 Å². The number of nitrogens with zero attached hydrogens (tertiary/aromatic N) is 3. The first-order valence-corrected chi connectivity index (χ1v) is 12.5. The molecule has 3 aromatic carbocycles. The normalized spacial score (nSPS) is 25.8. The van der Waals surface area contributed by atoms with Gasteiger partial charge in [-0.3, -0.25) is 4.79 Å². The lowest BCUT2D eigenvalue weighted by Gasteiger charge is -2.52. The number of amides is 1. The lowest BCUT2D eigenvalue weighted by atomic mass is 9.64. The van der Waals surface area contributed by atoms with E-state index < -0.39 is 5.41 Å². The van der Waals surface area contributed by atoms with E-state index in [1.807, 2.05) is 43.3 Å². The number of piperidine rings is 1. The van der Waals surface area contributed by atoms with Crippen LogP contribution >= 0.6 is 11.6 Å². The first-order valence-electron chi connectivity index (χ1n) is 12.1. The van der Waals surface area contributed by atoms with Gasteiger partial charge in [0, 0.05) is 23.3 Å². The predicted molar refractivity (Wildman–Crippen MR) is 139 cm³/mol. The third-order valence-corrected chi connectivity index (χ3v) is 8.18. The smallest absolute Gasteiger partial charge is 0.261 e. The minimum atomic E-state index is -0.661. The Balaban J connectivity index is 1.41. The third kappa shape index (κ3) is 3.35. The van der Waals surface area contributed by atoms with Crippen molar-refractivity contribution < 1.29 is 4.79 Å². The van der Waals surface area contributed by atoms with E-state index in [4.69, 9.17) is 16.7 Å². The van der Waals surface area contributed by atoms with Crippen LogP contribution in [0.1, 0.15) is 30.9 Å². The third-order valence-electron chi connectivity index (χ3n) is 7.94. The first kappa shape index (κ1) is 21.4.